The molecule has 4 nitrogen and oxygen atoms in total. The average molecular weight is 305 g/mol. The number of hydrogen-bond donors (Lipinski definition) is 2. The van der Waals surface area contributed by atoms with Crippen molar-refractivity contribution >= 4 is 23.2 Å². The number of carbonyl (C=O) groups excluding carboxylic acids is 1. The maximum Gasteiger partial charge on any atom is 0.248 e. The van der Waals surface area contributed by atoms with Gasteiger partial charge in [-0.1, -0.05) is 23.7 Å². The predicted octanol–water partition coefficient (Wildman–Crippen LogP) is 3.45. The molecule has 0 aliphatic carbocycles. The fraction of sp³-hybridized carbons (Fsp3) is 0.188. The monoisotopic (exact) mass is 304 g/mol. The van der Waals surface area contributed by atoms with E-state index in [9.17, 15) is 4.79 Å². The Morgan fingerprint density at radius 3 is 2.52 bits per heavy atom. The van der Waals surface area contributed by atoms with Gasteiger partial charge in [0.2, 0.25) is 5.91 Å². The van der Waals surface area contributed by atoms with E-state index >= 15 is 0 Å². The quantitative estimate of drug-likeness (QED) is 0.859. The fourth-order valence-corrected chi connectivity index (χ4v) is 2.11. The Morgan fingerprint density at radius 1 is 1.24 bits per heavy atom. The van der Waals surface area contributed by atoms with Crippen LogP contribution >= 0.6 is 11.6 Å². The van der Waals surface area contributed by atoms with Crippen molar-refractivity contribution in [2.75, 3.05) is 11.9 Å². The van der Waals surface area contributed by atoms with Gasteiger partial charge in [0.15, 0.2) is 0 Å². The van der Waals surface area contributed by atoms with Crippen LogP contribution in [0.3, 0.4) is 0 Å². The Kier molecular flexibility index (Phi) is 5.06. The lowest BCUT2D eigenvalue weighted by Crippen LogP contribution is -2.10. The molecular formula is C16H17ClN2O2. The number of amides is 1. The van der Waals surface area contributed by atoms with Crippen LogP contribution in [0.25, 0.3) is 0 Å². The van der Waals surface area contributed by atoms with E-state index < -0.39 is 5.91 Å². The van der Waals surface area contributed by atoms with Crippen LogP contribution < -0.4 is 15.8 Å². The lowest BCUT2D eigenvalue weighted by Gasteiger charge is -2.10. The number of nitrogens with one attached hydrogen (secondary N) is 1. The second kappa shape index (κ2) is 6.99. The van der Waals surface area contributed by atoms with E-state index in [1.54, 1.807) is 12.1 Å². The molecule has 1 amide bonds. The van der Waals surface area contributed by atoms with Gasteiger partial charge in [0, 0.05) is 17.8 Å². The van der Waals surface area contributed by atoms with E-state index in [1.165, 1.54) is 0 Å². The minimum Gasteiger partial charge on any atom is -0.492 e. The second-order valence-corrected chi connectivity index (χ2v) is 4.90. The summed E-state index contributed by atoms with van der Waals surface area (Å²) in [5, 5.41) is 3.84. The molecule has 0 aliphatic heterocycles. The molecule has 0 atom stereocenters. The number of carbonyl (C=O) groups is 1. The zero-order chi connectivity index (χ0) is 15.2. The molecule has 2 aromatic rings. The number of halogens is 1. The molecular weight excluding hydrogens is 288 g/mol. The summed E-state index contributed by atoms with van der Waals surface area (Å²) in [5.41, 5.74) is 7.66. The highest BCUT2D eigenvalue weighted by molar-refractivity contribution is 6.32. The number of ether oxygens (including phenoxy) is 1. The Hall–Kier alpha value is -2.20. The van der Waals surface area contributed by atoms with Gasteiger partial charge in [-0.3, -0.25) is 4.79 Å². The zero-order valence-electron chi connectivity index (χ0n) is 11.7. The van der Waals surface area contributed by atoms with Crippen molar-refractivity contribution in [2.24, 2.45) is 5.73 Å². The van der Waals surface area contributed by atoms with E-state index in [4.69, 9.17) is 22.1 Å². The summed E-state index contributed by atoms with van der Waals surface area (Å²) in [6.45, 7) is 3.13. The number of benzene rings is 2. The molecule has 0 fully saturated rings. The Bertz CT molecular complexity index is 627. The van der Waals surface area contributed by atoms with Crippen molar-refractivity contribution in [3.63, 3.8) is 0 Å². The van der Waals surface area contributed by atoms with E-state index in [0.29, 0.717) is 29.5 Å². The number of hydrogen-bond acceptors (Lipinski definition) is 3. The number of rotatable bonds is 6. The molecule has 0 radical (unpaired) electrons. The zero-order valence-corrected chi connectivity index (χ0v) is 12.5. The normalized spacial score (nSPS) is 10.2. The summed E-state index contributed by atoms with van der Waals surface area (Å²) in [4.78, 5) is 11.0. The highest BCUT2D eigenvalue weighted by atomic mass is 35.5. The molecule has 0 heterocycles. The van der Waals surface area contributed by atoms with Crippen molar-refractivity contribution in [2.45, 2.75) is 13.5 Å². The molecule has 2 rings (SSSR count). The Balaban J connectivity index is 1.99. The molecule has 5 heteroatoms. The first-order valence-corrected chi connectivity index (χ1v) is 7.03. The summed E-state index contributed by atoms with van der Waals surface area (Å²) in [5.74, 6) is 0.253. The molecule has 0 aliphatic rings. The van der Waals surface area contributed by atoms with Gasteiger partial charge in [-0.25, -0.2) is 0 Å². The molecule has 0 aromatic heterocycles. The van der Waals surface area contributed by atoms with E-state index in [0.717, 1.165) is 11.3 Å². The predicted molar refractivity (Wildman–Crippen MR) is 84.9 cm³/mol. The third-order valence-corrected chi connectivity index (χ3v) is 3.26. The van der Waals surface area contributed by atoms with Crippen LogP contribution in [0.1, 0.15) is 22.8 Å². The van der Waals surface area contributed by atoms with Crippen molar-refractivity contribution in [3.05, 3.63) is 58.6 Å². The van der Waals surface area contributed by atoms with Crippen LogP contribution in [0.4, 0.5) is 5.69 Å². The first-order chi connectivity index (χ1) is 10.1. The minimum atomic E-state index is -0.423. The first kappa shape index (κ1) is 15.2. The van der Waals surface area contributed by atoms with Crippen LogP contribution in [-0.2, 0) is 6.54 Å². The molecule has 0 spiro atoms. The van der Waals surface area contributed by atoms with Crippen molar-refractivity contribution in [3.8, 4) is 5.75 Å². The summed E-state index contributed by atoms with van der Waals surface area (Å²) in [6, 6.07) is 12.7. The highest BCUT2D eigenvalue weighted by Gasteiger charge is 2.03. The Morgan fingerprint density at radius 2 is 1.95 bits per heavy atom. The molecule has 21 heavy (non-hydrogen) atoms. The second-order valence-electron chi connectivity index (χ2n) is 4.49. The summed E-state index contributed by atoms with van der Waals surface area (Å²) in [6.07, 6.45) is 0. The topological polar surface area (TPSA) is 64.3 Å². The maximum absolute atomic E-state index is 11.0. The van der Waals surface area contributed by atoms with Crippen LogP contribution in [0.2, 0.25) is 5.02 Å². The SMILES string of the molecule is CCOc1ccc(NCc2ccc(C(N)=O)cc2)cc1Cl. The molecule has 0 unspecified atom stereocenters. The largest absolute Gasteiger partial charge is 0.492 e. The van der Waals surface area contributed by atoms with Crippen molar-refractivity contribution < 1.29 is 9.53 Å². The van der Waals surface area contributed by atoms with Gasteiger partial charge in [0.25, 0.3) is 0 Å². The van der Waals surface area contributed by atoms with Gasteiger partial charge >= 0.3 is 0 Å². The van der Waals surface area contributed by atoms with Crippen molar-refractivity contribution in [1.29, 1.82) is 0 Å². The molecule has 0 saturated carbocycles. The summed E-state index contributed by atoms with van der Waals surface area (Å²) >= 11 is 6.13. The van der Waals surface area contributed by atoms with Crippen molar-refractivity contribution in [1.82, 2.24) is 0 Å². The Labute approximate surface area is 128 Å². The molecule has 0 bridgehead atoms. The van der Waals surface area contributed by atoms with E-state index in [1.807, 2.05) is 37.3 Å². The number of anilines is 1. The van der Waals surface area contributed by atoms with Gasteiger partial charge in [-0.15, -0.1) is 0 Å². The smallest absolute Gasteiger partial charge is 0.248 e. The molecule has 0 saturated heterocycles. The third-order valence-electron chi connectivity index (χ3n) is 2.97. The first-order valence-electron chi connectivity index (χ1n) is 6.65. The fourth-order valence-electron chi connectivity index (χ4n) is 1.87. The minimum absolute atomic E-state index is 0.423. The van der Waals surface area contributed by atoms with Gasteiger partial charge < -0.3 is 15.8 Å². The lowest BCUT2D eigenvalue weighted by atomic mass is 10.1. The van der Waals surface area contributed by atoms with E-state index in [-0.39, 0.29) is 0 Å². The summed E-state index contributed by atoms with van der Waals surface area (Å²) < 4.78 is 5.39. The van der Waals surface area contributed by atoms with Gasteiger partial charge in [0.05, 0.1) is 11.6 Å². The highest BCUT2D eigenvalue weighted by Crippen LogP contribution is 2.27. The maximum atomic E-state index is 11.0. The standard InChI is InChI=1S/C16H17ClN2O2/c1-2-21-15-8-7-13(9-14(15)17)19-10-11-3-5-12(6-4-11)16(18)20/h3-9,19H,2,10H2,1H3,(H2,18,20). The van der Waals surface area contributed by atoms with Gasteiger partial charge in [-0.2, -0.15) is 0 Å². The van der Waals surface area contributed by atoms with Crippen LogP contribution in [0, 0.1) is 0 Å². The lowest BCUT2D eigenvalue weighted by molar-refractivity contribution is 0.100. The van der Waals surface area contributed by atoms with Gasteiger partial charge in [0.1, 0.15) is 5.75 Å². The van der Waals surface area contributed by atoms with E-state index in [2.05, 4.69) is 5.32 Å². The number of primary amides is 1. The van der Waals surface area contributed by atoms with Gasteiger partial charge in [-0.05, 0) is 42.8 Å². The van der Waals surface area contributed by atoms with Crippen LogP contribution in [-0.4, -0.2) is 12.5 Å². The molecule has 2 aromatic carbocycles. The van der Waals surface area contributed by atoms with Crippen LogP contribution in [0.5, 0.6) is 5.75 Å². The summed E-state index contributed by atoms with van der Waals surface area (Å²) in [7, 11) is 0. The van der Waals surface area contributed by atoms with Crippen LogP contribution in [0.15, 0.2) is 42.5 Å². The molecule has 3 N–H and O–H groups in total. The number of nitrogens with two attached hydrogens (primary N) is 1. The molecule has 110 valence electrons. The third kappa shape index (κ3) is 4.13. The average Bonchev–Trinajstić information content (AvgIpc) is 2.48.